The van der Waals surface area contributed by atoms with E-state index in [9.17, 15) is 5.26 Å². The highest BCUT2D eigenvalue weighted by molar-refractivity contribution is 6.32. The van der Waals surface area contributed by atoms with Crippen molar-refractivity contribution in [2.24, 2.45) is 0 Å². The summed E-state index contributed by atoms with van der Waals surface area (Å²) in [6, 6.07) is 15.7. The Kier molecular flexibility index (Phi) is 7.37. The predicted molar refractivity (Wildman–Crippen MR) is 126 cm³/mol. The predicted octanol–water partition coefficient (Wildman–Crippen LogP) is 6.43. The zero-order valence-electron chi connectivity index (χ0n) is 19.1. The molecule has 2 aromatic carbocycles. The van der Waals surface area contributed by atoms with Crippen LogP contribution in [0.5, 0.6) is 11.5 Å². The van der Waals surface area contributed by atoms with Gasteiger partial charge in [0.15, 0.2) is 5.75 Å². The van der Waals surface area contributed by atoms with Gasteiger partial charge in [-0.25, -0.2) is 9.97 Å². The standard InChI is InChI=1S/C26H28ClN3O2/c1-6-31-24-18(15-28)13-20(14-23(24)27)26(4,5)19-7-9-22(10-8-19)32-16-21-11-12-29-25(30-21)17(2)3/h7-14,17H,6,16H2,1-5H3. The van der Waals surface area contributed by atoms with Gasteiger partial charge in [-0.05, 0) is 48.4 Å². The molecule has 166 valence electrons. The normalized spacial score (nSPS) is 11.3. The van der Waals surface area contributed by atoms with E-state index in [1.165, 1.54) is 0 Å². The van der Waals surface area contributed by atoms with Gasteiger partial charge in [-0.2, -0.15) is 5.26 Å². The van der Waals surface area contributed by atoms with Gasteiger partial charge in [-0.15, -0.1) is 0 Å². The van der Waals surface area contributed by atoms with Gasteiger partial charge in [0.25, 0.3) is 0 Å². The second-order valence-corrected chi connectivity index (χ2v) is 8.79. The fourth-order valence-electron chi connectivity index (χ4n) is 3.39. The fraction of sp³-hybridized carbons (Fsp3) is 0.346. The van der Waals surface area contributed by atoms with Crippen molar-refractivity contribution in [3.05, 3.63) is 81.9 Å². The molecule has 0 radical (unpaired) electrons. The van der Waals surface area contributed by atoms with E-state index in [1.54, 1.807) is 6.20 Å². The number of benzene rings is 2. The van der Waals surface area contributed by atoms with Crippen molar-refractivity contribution >= 4 is 11.6 Å². The lowest BCUT2D eigenvalue weighted by molar-refractivity contribution is 0.300. The van der Waals surface area contributed by atoms with Crippen molar-refractivity contribution in [1.82, 2.24) is 9.97 Å². The topological polar surface area (TPSA) is 68.0 Å². The first-order valence-electron chi connectivity index (χ1n) is 10.7. The quantitative estimate of drug-likeness (QED) is 0.396. The van der Waals surface area contributed by atoms with Crippen molar-refractivity contribution in [3.63, 3.8) is 0 Å². The van der Waals surface area contributed by atoms with Crippen LogP contribution in [0.4, 0.5) is 0 Å². The van der Waals surface area contributed by atoms with E-state index in [-0.39, 0.29) is 11.3 Å². The number of nitriles is 1. The number of nitrogens with zero attached hydrogens (tertiary/aromatic N) is 3. The number of ether oxygens (including phenoxy) is 2. The minimum Gasteiger partial charge on any atom is -0.491 e. The number of hydrogen-bond acceptors (Lipinski definition) is 5. The molecule has 0 aliphatic heterocycles. The van der Waals surface area contributed by atoms with Crippen LogP contribution in [0.15, 0.2) is 48.7 Å². The Morgan fingerprint density at radius 2 is 1.78 bits per heavy atom. The van der Waals surface area contributed by atoms with Crippen LogP contribution >= 0.6 is 11.6 Å². The number of rotatable bonds is 8. The van der Waals surface area contributed by atoms with Gasteiger partial charge < -0.3 is 9.47 Å². The first-order valence-corrected chi connectivity index (χ1v) is 11.1. The van der Waals surface area contributed by atoms with Crippen LogP contribution in [-0.2, 0) is 12.0 Å². The van der Waals surface area contributed by atoms with Crippen molar-refractivity contribution in [3.8, 4) is 17.6 Å². The summed E-state index contributed by atoms with van der Waals surface area (Å²) in [4.78, 5) is 8.83. The molecule has 6 heteroatoms. The molecule has 3 rings (SSSR count). The molecule has 0 atom stereocenters. The molecular formula is C26H28ClN3O2. The van der Waals surface area contributed by atoms with Crippen LogP contribution in [0.1, 0.15) is 68.7 Å². The molecule has 0 N–H and O–H groups in total. The summed E-state index contributed by atoms with van der Waals surface area (Å²) < 4.78 is 11.5. The lowest BCUT2D eigenvalue weighted by Crippen LogP contribution is -2.19. The molecule has 3 aromatic rings. The Labute approximate surface area is 195 Å². The monoisotopic (exact) mass is 449 g/mol. The first-order chi connectivity index (χ1) is 15.3. The van der Waals surface area contributed by atoms with Crippen LogP contribution in [0.3, 0.4) is 0 Å². The molecule has 0 amide bonds. The molecule has 0 spiro atoms. The van der Waals surface area contributed by atoms with E-state index in [2.05, 4.69) is 43.7 Å². The Bertz CT molecular complexity index is 1120. The molecule has 0 saturated heterocycles. The maximum atomic E-state index is 9.55. The highest BCUT2D eigenvalue weighted by atomic mass is 35.5. The Morgan fingerprint density at radius 3 is 2.41 bits per heavy atom. The number of aromatic nitrogens is 2. The second-order valence-electron chi connectivity index (χ2n) is 8.38. The lowest BCUT2D eigenvalue weighted by atomic mass is 9.77. The fourth-order valence-corrected chi connectivity index (χ4v) is 3.67. The summed E-state index contributed by atoms with van der Waals surface area (Å²) in [5.74, 6) is 2.28. The van der Waals surface area contributed by atoms with Gasteiger partial charge in [0.2, 0.25) is 0 Å². The smallest absolute Gasteiger partial charge is 0.155 e. The minimum atomic E-state index is -0.364. The maximum Gasteiger partial charge on any atom is 0.155 e. The van der Waals surface area contributed by atoms with Gasteiger partial charge in [0, 0.05) is 17.5 Å². The third-order valence-electron chi connectivity index (χ3n) is 5.39. The molecule has 1 aromatic heterocycles. The van der Waals surface area contributed by atoms with Crippen LogP contribution in [0.2, 0.25) is 5.02 Å². The zero-order valence-corrected chi connectivity index (χ0v) is 19.9. The van der Waals surface area contributed by atoms with Crippen molar-refractivity contribution < 1.29 is 9.47 Å². The molecule has 5 nitrogen and oxygen atoms in total. The van der Waals surface area contributed by atoms with E-state index in [1.807, 2.05) is 49.4 Å². The third kappa shape index (κ3) is 5.20. The van der Waals surface area contributed by atoms with E-state index >= 15 is 0 Å². The van der Waals surface area contributed by atoms with E-state index in [0.29, 0.717) is 29.5 Å². The summed E-state index contributed by atoms with van der Waals surface area (Å²) in [7, 11) is 0. The van der Waals surface area contributed by atoms with Crippen LogP contribution in [0, 0.1) is 11.3 Å². The lowest BCUT2D eigenvalue weighted by Gasteiger charge is -2.27. The van der Waals surface area contributed by atoms with Gasteiger partial charge in [-0.3, -0.25) is 0 Å². The highest BCUT2D eigenvalue weighted by Gasteiger charge is 2.26. The molecule has 0 unspecified atom stereocenters. The number of hydrogen-bond donors (Lipinski definition) is 0. The highest BCUT2D eigenvalue weighted by Crippen LogP contribution is 2.38. The summed E-state index contributed by atoms with van der Waals surface area (Å²) in [5, 5.41) is 10.00. The first kappa shape index (κ1) is 23.6. The summed E-state index contributed by atoms with van der Waals surface area (Å²) in [6.45, 7) is 11.0. The third-order valence-corrected chi connectivity index (χ3v) is 5.67. The van der Waals surface area contributed by atoms with Gasteiger partial charge in [0.05, 0.1) is 22.9 Å². The van der Waals surface area contributed by atoms with Gasteiger partial charge in [-0.1, -0.05) is 51.4 Å². The van der Waals surface area contributed by atoms with E-state index < -0.39 is 0 Å². The molecule has 0 bridgehead atoms. The van der Waals surface area contributed by atoms with Crippen molar-refractivity contribution in [2.75, 3.05) is 6.61 Å². The molecule has 0 fully saturated rings. The van der Waals surface area contributed by atoms with E-state index in [4.69, 9.17) is 21.1 Å². The average Bonchev–Trinajstić information content (AvgIpc) is 2.79. The average molecular weight is 450 g/mol. The summed E-state index contributed by atoms with van der Waals surface area (Å²) in [6.07, 6.45) is 1.77. The van der Waals surface area contributed by atoms with Crippen molar-refractivity contribution in [1.29, 1.82) is 5.26 Å². The Balaban J connectivity index is 1.78. The zero-order chi connectivity index (χ0) is 23.3. The minimum absolute atomic E-state index is 0.272. The molecule has 32 heavy (non-hydrogen) atoms. The van der Waals surface area contributed by atoms with Gasteiger partial charge >= 0.3 is 0 Å². The van der Waals surface area contributed by atoms with Crippen LogP contribution < -0.4 is 9.47 Å². The van der Waals surface area contributed by atoms with Crippen molar-refractivity contribution in [2.45, 2.75) is 52.6 Å². The SMILES string of the molecule is CCOc1c(Cl)cc(C(C)(C)c2ccc(OCc3ccnc(C(C)C)n3)cc2)cc1C#N. The number of halogens is 1. The largest absolute Gasteiger partial charge is 0.491 e. The Morgan fingerprint density at radius 1 is 1.06 bits per heavy atom. The van der Waals surface area contributed by atoms with Crippen LogP contribution in [0.25, 0.3) is 0 Å². The Hall–Kier alpha value is -3.10. The molecular weight excluding hydrogens is 422 g/mol. The summed E-state index contributed by atoms with van der Waals surface area (Å²) >= 11 is 6.43. The van der Waals surface area contributed by atoms with Gasteiger partial charge in [0.1, 0.15) is 24.3 Å². The molecule has 0 aliphatic rings. The maximum absolute atomic E-state index is 9.55. The molecule has 0 saturated carbocycles. The molecule has 1 heterocycles. The van der Waals surface area contributed by atoms with E-state index in [0.717, 1.165) is 28.4 Å². The summed E-state index contributed by atoms with van der Waals surface area (Å²) in [5.41, 5.74) is 2.95. The molecule has 0 aliphatic carbocycles. The second kappa shape index (κ2) is 10.0. The van der Waals surface area contributed by atoms with Crippen LogP contribution in [-0.4, -0.2) is 16.6 Å².